The van der Waals surface area contributed by atoms with Gasteiger partial charge in [-0.25, -0.2) is 14.5 Å². The Kier molecular flexibility index (Phi) is 4.59. The molecule has 2 aromatic heterocycles. The lowest BCUT2D eigenvalue weighted by Crippen LogP contribution is -2.26. The minimum atomic E-state index is -0.153. The van der Waals surface area contributed by atoms with Gasteiger partial charge in [-0.3, -0.25) is 9.59 Å². The lowest BCUT2D eigenvalue weighted by molar-refractivity contribution is -0.119. The van der Waals surface area contributed by atoms with E-state index in [1.54, 1.807) is 16.8 Å². The van der Waals surface area contributed by atoms with E-state index in [9.17, 15) is 9.59 Å². The smallest absolute Gasteiger partial charge is 0.267 e. The fourth-order valence-electron chi connectivity index (χ4n) is 3.24. The summed E-state index contributed by atoms with van der Waals surface area (Å²) in [6, 6.07) is 11.1. The molecular formula is C20H19N3O2S. The average Bonchev–Trinajstić information content (AvgIpc) is 2.64. The van der Waals surface area contributed by atoms with Crippen LogP contribution in [-0.2, 0) is 4.79 Å². The van der Waals surface area contributed by atoms with Crippen LogP contribution in [0.25, 0.3) is 16.7 Å². The SMILES string of the molecule is Cc1ccnc(-n2c(S[C@H]3CCCCC3=O)nc3ccccc3c2=O)c1. The van der Waals surface area contributed by atoms with Gasteiger partial charge < -0.3 is 0 Å². The molecule has 0 radical (unpaired) electrons. The molecule has 0 aliphatic heterocycles. The normalized spacial score (nSPS) is 17.6. The molecule has 0 amide bonds. The number of rotatable bonds is 3. The van der Waals surface area contributed by atoms with Gasteiger partial charge in [-0.1, -0.05) is 30.3 Å². The zero-order chi connectivity index (χ0) is 18.1. The maximum Gasteiger partial charge on any atom is 0.267 e. The highest BCUT2D eigenvalue weighted by Gasteiger charge is 2.26. The topological polar surface area (TPSA) is 64.8 Å². The second-order valence-corrected chi connectivity index (χ2v) is 7.73. The van der Waals surface area contributed by atoms with Crippen molar-refractivity contribution < 1.29 is 4.79 Å². The summed E-state index contributed by atoms with van der Waals surface area (Å²) in [5.41, 5.74) is 1.51. The van der Waals surface area contributed by atoms with Crippen molar-refractivity contribution in [3.8, 4) is 5.82 Å². The number of fused-ring (bicyclic) bond motifs is 1. The van der Waals surface area contributed by atoms with Crippen LogP contribution in [0.15, 0.2) is 52.5 Å². The van der Waals surface area contributed by atoms with Crippen LogP contribution in [0.3, 0.4) is 0 Å². The molecule has 1 aliphatic rings. The first-order valence-corrected chi connectivity index (χ1v) is 9.65. The highest BCUT2D eigenvalue weighted by molar-refractivity contribution is 8.00. The molecule has 0 bridgehead atoms. The fraction of sp³-hybridized carbons (Fsp3) is 0.300. The van der Waals surface area contributed by atoms with E-state index in [0.29, 0.717) is 28.3 Å². The first-order valence-electron chi connectivity index (χ1n) is 8.78. The molecule has 6 heteroatoms. The summed E-state index contributed by atoms with van der Waals surface area (Å²) in [6.07, 6.45) is 5.11. The first-order chi connectivity index (χ1) is 12.6. The van der Waals surface area contributed by atoms with E-state index in [1.165, 1.54) is 11.8 Å². The Bertz CT molecular complexity index is 1040. The van der Waals surface area contributed by atoms with E-state index in [1.807, 2.05) is 37.3 Å². The van der Waals surface area contributed by atoms with Crippen LogP contribution in [0.5, 0.6) is 0 Å². The maximum absolute atomic E-state index is 13.2. The van der Waals surface area contributed by atoms with Gasteiger partial charge in [0.15, 0.2) is 5.16 Å². The predicted molar refractivity (Wildman–Crippen MR) is 103 cm³/mol. The Morgan fingerprint density at radius 3 is 2.81 bits per heavy atom. The lowest BCUT2D eigenvalue weighted by atomic mass is 9.99. The third-order valence-corrected chi connectivity index (χ3v) is 5.89. The molecule has 4 rings (SSSR count). The molecule has 1 aliphatic carbocycles. The number of carbonyl (C=O) groups is 1. The molecule has 0 unspecified atom stereocenters. The second kappa shape index (κ2) is 7.03. The maximum atomic E-state index is 13.2. The zero-order valence-corrected chi connectivity index (χ0v) is 15.3. The molecule has 1 saturated carbocycles. The predicted octanol–water partition coefficient (Wildman–Crippen LogP) is 3.69. The molecule has 26 heavy (non-hydrogen) atoms. The van der Waals surface area contributed by atoms with E-state index in [4.69, 9.17) is 4.98 Å². The summed E-state index contributed by atoms with van der Waals surface area (Å²) >= 11 is 1.39. The van der Waals surface area contributed by atoms with Crippen LogP contribution >= 0.6 is 11.8 Å². The van der Waals surface area contributed by atoms with Crippen molar-refractivity contribution in [3.63, 3.8) is 0 Å². The Hall–Kier alpha value is -2.47. The quantitative estimate of drug-likeness (QED) is 0.662. The molecule has 1 aromatic carbocycles. The summed E-state index contributed by atoms with van der Waals surface area (Å²) in [7, 11) is 0. The summed E-state index contributed by atoms with van der Waals surface area (Å²) < 4.78 is 1.54. The van der Waals surface area contributed by atoms with E-state index in [0.717, 1.165) is 24.8 Å². The standard InChI is InChI=1S/C20H19N3O2S/c1-13-10-11-21-18(12-13)23-19(25)14-6-2-3-7-15(14)22-20(23)26-17-9-5-4-8-16(17)24/h2-3,6-7,10-12,17H,4-5,8-9H2,1H3/t17-/m0/s1. The number of carbonyl (C=O) groups excluding carboxylic acids is 1. The fourth-order valence-corrected chi connectivity index (χ4v) is 4.46. The number of nitrogens with zero attached hydrogens (tertiary/aromatic N) is 3. The van der Waals surface area contributed by atoms with Crippen molar-refractivity contribution in [2.45, 2.75) is 43.0 Å². The van der Waals surface area contributed by atoms with E-state index >= 15 is 0 Å². The number of aromatic nitrogens is 3. The molecular weight excluding hydrogens is 346 g/mol. The summed E-state index contributed by atoms with van der Waals surface area (Å²) in [4.78, 5) is 34.5. The van der Waals surface area contributed by atoms with Gasteiger partial charge in [-0.05, 0) is 49.6 Å². The number of hydrogen-bond acceptors (Lipinski definition) is 5. The Labute approximate surface area is 155 Å². The van der Waals surface area contributed by atoms with Gasteiger partial charge >= 0.3 is 0 Å². The van der Waals surface area contributed by atoms with Gasteiger partial charge in [0.1, 0.15) is 11.6 Å². The van der Waals surface area contributed by atoms with Crippen molar-refractivity contribution in [3.05, 3.63) is 58.5 Å². The summed E-state index contributed by atoms with van der Waals surface area (Å²) in [5.74, 6) is 0.784. The number of pyridine rings is 1. The second-order valence-electron chi connectivity index (χ2n) is 6.56. The molecule has 3 aromatic rings. The average molecular weight is 365 g/mol. The first kappa shape index (κ1) is 17.0. The number of para-hydroxylation sites is 1. The molecule has 2 heterocycles. The molecule has 132 valence electrons. The third kappa shape index (κ3) is 3.17. The van der Waals surface area contributed by atoms with Crippen LogP contribution in [0.4, 0.5) is 0 Å². The largest absolute Gasteiger partial charge is 0.298 e. The van der Waals surface area contributed by atoms with Crippen LogP contribution in [-0.4, -0.2) is 25.6 Å². The number of Topliss-reactive ketones (excluding diaryl/α,β-unsaturated/α-hetero) is 1. The minimum absolute atomic E-state index is 0.145. The van der Waals surface area contributed by atoms with Gasteiger partial charge in [-0.2, -0.15) is 0 Å². The van der Waals surface area contributed by atoms with Gasteiger partial charge in [-0.15, -0.1) is 0 Å². The number of benzene rings is 1. The minimum Gasteiger partial charge on any atom is -0.298 e. The van der Waals surface area contributed by atoms with E-state index in [-0.39, 0.29) is 16.6 Å². The monoisotopic (exact) mass is 365 g/mol. The van der Waals surface area contributed by atoms with Gasteiger partial charge in [0.2, 0.25) is 0 Å². The van der Waals surface area contributed by atoms with Crippen molar-refractivity contribution in [2.24, 2.45) is 0 Å². The van der Waals surface area contributed by atoms with E-state index in [2.05, 4.69) is 4.98 Å². The number of ketones is 1. The van der Waals surface area contributed by atoms with Crippen molar-refractivity contribution in [2.75, 3.05) is 0 Å². The number of aryl methyl sites for hydroxylation is 1. The molecule has 0 spiro atoms. The van der Waals surface area contributed by atoms with Crippen LogP contribution in [0, 0.1) is 6.92 Å². The molecule has 5 nitrogen and oxygen atoms in total. The number of thioether (sulfide) groups is 1. The van der Waals surface area contributed by atoms with Crippen LogP contribution in [0.1, 0.15) is 31.2 Å². The van der Waals surface area contributed by atoms with E-state index < -0.39 is 0 Å². The molecule has 0 N–H and O–H groups in total. The van der Waals surface area contributed by atoms with Crippen molar-refractivity contribution >= 4 is 28.4 Å². The lowest BCUT2D eigenvalue weighted by Gasteiger charge is -2.21. The van der Waals surface area contributed by atoms with Crippen molar-refractivity contribution in [1.82, 2.24) is 14.5 Å². The Balaban J connectivity index is 1.90. The zero-order valence-electron chi connectivity index (χ0n) is 14.5. The van der Waals surface area contributed by atoms with Gasteiger partial charge in [0, 0.05) is 12.6 Å². The third-order valence-electron chi connectivity index (χ3n) is 4.62. The molecule has 1 fully saturated rings. The molecule has 0 saturated heterocycles. The summed E-state index contributed by atoms with van der Waals surface area (Å²) in [5, 5.41) is 0.940. The van der Waals surface area contributed by atoms with Crippen molar-refractivity contribution in [1.29, 1.82) is 0 Å². The van der Waals surface area contributed by atoms with Gasteiger partial charge in [0.25, 0.3) is 5.56 Å². The Morgan fingerprint density at radius 2 is 2.00 bits per heavy atom. The highest BCUT2D eigenvalue weighted by Crippen LogP contribution is 2.31. The number of hydrogen-bond donors (Lipinski definition) is 0. The van der Waals surface area contributed by atoms with Crippen LogP contribution in [0.2, 0.25) is 0 Å². The Morgan fingerprint density at radius 1 is 1.15 bits per heavy atom. The summed E-state index contributed by atoms with van der Waals surface area (Å²) in [6.45, 7) is 1.96. The highest BCUT2D eigenvalue weighted by atomic mass is 32.2. The molecule has 1 atom stereocenters. The van der Waals surface area contributed by atoms with Crippen LogP contribution < -0.4 is 5.56 Å². The van der Waals surface area contributed by atoms with Gasteiger partial charge in [0.05, 0.1) is 16.2 Å².